The van der Waals surface area contributed by atoms with Gasteiger partial charge in [0.15, 0.2) is 11.5 Å². The Morgan fingerprint density at radius 3 is 2.35 bits per heavy atom. The maximum atomic E-state index is 12.9. The second kappa shape index (κ2) is 8.40. The van der Waals surface area contributed by atoms with Crippen LogP contribution in [0.3, 0.4) is 0 Å². The van der Waals surface area contributed by atoms with Crippen LogP contribution in [0, 0.1) is 5.82 Å². The van der Waals surface area contributed by atoms with Crippen LogP contribution in [0.4, 0.5) is 15.9 Å². The van der Waals surface area contributed by atoms with Crippen molar-refractivity contribution in [2.24, 2.45) is 0 Å². The smallest absolute Gasteiger partial charge is 0.271 e. The summed E-state index contributed by atoms with van der Waals surface area (Å²) in [6, 6.07) is 16.6. The van der Waals surface area contributed by atoms with Gasteiger partial charge in [0.05, 0.1) is 0 Å². The first-order chi connectivity index (χ1) is 12.6. The average molecular weight is 371 g/mol. The molecule has 1 amide bonds. The van der Waals surface area contributed by atoms with Crippen molar-refractivity contribution in [3.8, 4) is 0 Å². The van der Waals surface area contributed by atoms with E-state index in [1.165, 1.54) is 12.1 Å². The fraction of sp³-hybridized carbons (Fsp3) is 0.105. The number of benzene rings is 2. The predicted molar refractivity (Wildman–Crippen MR) is 99.2 cm³/mol. The van der Waals surface area contributed by atoms with Gasteiger partial charge < -0.3 is 10.6 Å². The first kappa shape index (κ1) is 17.8. The highest BCUT2D eigenvalue weighted by Crippen LogP contribution is 2.17. The zero-order valence-electron chi connectivity index (χ0n) is 13.7. The first-order valence-electron chi connectivity index (χ1n) is 7.99. The molecule has 0 atom stereocenters. The van der Waals surface area contributed by atoms with Crippen molar-refractivity contribution in [1.29, 1.82) is 0 Å². The average Bonchev–Trinajstić information content (AvgIpc) is 2.66. The number of hydrogen-bond donors (Lipinski definition) is 2. The summed E-state index contributed by atoms with van der Waals surface area (Å²) in [6.07, 6.45) is 0.607. The third-order valence-corrected chi connectivity index (χ3v) is 3.88. The van der Waals surface area contributed by atoms with Crippen molar-refractivity contribution in [3.05, 3.63) is 82.8 Å². The third kappa shape index (κ3) is 5.00. The van der Waals surface area contributed by atoms with Crippen LogP contribution in [0.15, 0.2) is 60.7 Å². The predicted octanol–water partition coefficient (Wildman–Crippen LogP) is 3.99. The quantitative estimate of drug-likeness (QED) is 0.688. The van der Waals surface area contributed by atoms with Gasteiger partial charge in [0.25, 0.3) is 5.91 Å². The molecule has 0 aliphatic carbocycles. The summed E-state index contributed by atoms with van der Waals surface area (Å²) in [7, 11) is 0. The molecule has 0 radical (unpaired) electrons. The summed E-state index contributed by atoms with van der Waals surface area (Å²) in [4.78, 5) is 12.1. The van der Waals surface area contributed by atoms with E-state index in [1.807, 2.05) is 12.1 Å². The van der Waals surface area contributed by atoms with E-state index in [2.05, 4.69) is 20.8 Å². The molecule has 1 aromatic heterocycles. The second-order valence-electron chi connectivity index (χ2n) is 5.57. The number of hydrogen-bond acceptors (Lipinski definition) is 4. The standard InChI is InChI=1S/C19H16ClFN4O/c20-14-3-7-16(8-4-14)23-18-10-9-17(24-25-18)19(26)22-12-11-13-1-5-15(21)6-2-13/h1-10H,11-12H2,(H,22,26)(H,23,25). The minimum absolute atomic E-state index is 0.228. The number of nitrogens with one attached hydrogen (secondary N) is 2. The van der Waals surface area contributed by atoms with Gasteiger partial charge in [0.2, 0.25) is 0 Å². The molecule has 7 heteroatoms. The van der Waals surface area contributed by atoms with Gasteiger partial charge in [-0.25, -0.2) is 4.39 Å². The summed E-state index contributed by atoms with van der Waals surface area (Å²) in [5.74, 6) is -0.0619. The molecule has 3 rings (SSSR count). The minimum Gasteiger partial charge on any atom is -0.350 e. The van der Waals surface area contributed by atoms with Crippen LogP contribution < -0.4 is 10.6 Å². The van der Waals surface area contributed by atoms with Crippen LogP contribution in [0.5, 0.6) is 0 Å². The van der Waals surface area contributed by atoms with Crippen molar-refractivity contribution in [2.75, 3.05) is 11.9 Å². The maximum Gasteiger partial charge on any atom is 0.271 e. The number of carbonyl (C=O) groups is 1. The molecule has 3 aromatic rings. The van der Waals surface area contributed by atoms with Gasteiger partial charge in [0, 0.05) is 17.3 Å². The summed E-state index contributed by atoms with van der Waals surface area (Å²) < 4.78 is 12.9. The molecule has 26 heavy (non-hydrogen) atoms. The number of rotatable bonds is 6. The van der Waals surface area contributed by atoms with Crippen molar-refractivity contribution < 1.29 is 9.18 Å². The van der Waals surface area contributed by atoms with E-state index in [0.29, 0.717) is 23.8 Å². The number of anilines is 2. The zero-order chi connectivity index (χ0) is 18.4. The Morgan fingerprint density at radius 2 is 1.69 bits per heavy atom. The van der Waals surface area contributed by atoms with Crippen molar-refractivity contribution in [3.63, 3.8) is 0 Å². The Balaban J connectivity index is 1.51. The third-order valence-electron chi connectivity index (χ3n) is 3.63. The fourth-order valence-corrected chi connectivity index (χ4v) is 2.39. The van der Waals surface area contributed by atoms with Gasteiger partial charge in [-0.3, -0.25) is 4.79 Å². The van der Waals surface area contributed by atoms with Gasteiger partial charge in [-0.1, -0.05) is 23.7 Å². The number of carbonyl (C=O) groups excluding carboxylic acids is 1. The lowest BCUT2D eigenvalue weighted by Gasteiger charge is -2.07. The number of amides is 1. The van der Waals surface area contributed by atoms with Gasteiger partial charge in [-0.05, 0) is 60.5 Å². The van der Waals surface area contributed by atoms with Crippen LogP contribution in [0.2, 0.25) is 5.02 Å². The molecule has 132 valence electrons. The molecule has 2 N–H and O–H groups in total. The van der Waals surface area contributed by atoms with Crippen LogP contribution in [0.25, 0.3) is 0 Å². The van der Waals surface area contributed by atoms with Crippen LogP contribution in [-0.2, 0) is 6.42 Å². The number of aromatic nitrogens is 2. The van der Waals surface area contributed by atoms with E-state index in [1.54, 1.807) is 36.4 Å². The van der Waals surface area contributed by atoms with E-state index in [0.717, 1.165) is 11.3 Å². The molecule has 0 aliphatic heterocycles. The highest BCUT2D eigenvalue weighted by molar-refractivity contribution is 6.30. The Bertz CT molecular complexity index is 868. The number of nitrogens with zero attached hydrogens (tertiary/aromatic N) is 2. The molecule has 0 aliphatic rings. The van der Waals surface area contributed by atoms with E-state index >= 15 is 0 Å². The Kier molecular flexibility index (Phi) is 5.76. The first-order valence-corrected chi connectivity index (χ1v) is 8.37. The van der Waals surface area contributed by atoms with Crippen molar-refractivity contribution in [1.82, 2.24) is 15.5 Å². The highest BCUT2D eigenvalue weighted by Gasteiger charge is 2.08. The highest BCUT2D eigenvalue weighted by atomic mass is 35.5. The molecule has 0 bridgehead atoms. The maximum absolute atomic E-state index is 12.9. The lowest BCUT2D eigenvalue weighted by Crippen LogP contribution is -2.26. The normalized spacial score (nSPS) is 10.4. The Labute approximate surface area is 155 Å². The van der Waals surface area contributed by atoms with Crippen LogP contribution >= 0.6 is 11.6 Å². The molecule has 0 saturated heterocycles. The van der Waals surface area contributed by atoms with Gasteiger partial charge in [0.1, 0.15) is 5.82 Å². The van der Waals surface area contributed by atoms with Gasteiger partial charge in [-0.15, -0.1) is 10.2 Å². The van der Waals surface area contributed by atoms with E-state index in [-0.39, 0.29) is 17.4 Å². The van der Waals surface area contributed by atoms with E-state index in [9.17, 15) is 9.18 Å². The van der Waals surface area contributed by atoms with Crippen molar-refractivity contribution in [2.45, 2.75) is 6.42 Å². The van der Waals surface area contributed by atoms with Gasteiger partial charge in [-0.2, -0.15) is 0 Å². The van der Waals surface area contributed by atoms with E-state index < -0.39 is 0 Å². The monoisotopic (exact) mass is 370 g/mol. The van der Waals surface area contributed by atoms with Gasteiger partial charge >= 0.3 is 0 Å². The fourth-order valence-electron chi connectivity index (χ4n) is 2.26. The molecule has 0 fully saturated rings. The SMILES string of the molecule is O=C(NCCc1ccc(F)cc1)c1ccc(Nc2ccc(Cl)cc2)nn1. The van der Waals surface area contributed by atoms with E-state index in [4.69, 9.17) is 11.6 Å². The molecule has 1 heterocycles. The molecule has 5 nitrogen and oxygen atoms in total. The molecular formula is C19H16ClFN4O. The number of halogens is 2. The lowest BCUT2D eigenvalue weighted by molar-refractivity contribution is 0.0948. The van der Waals surface area contributed by atoms with Crippen LogP contribution in [0.1, 0.15) is 16.1 Å². The lowest BCUT2D eigenvalue weighted by atomic mass is 10.1. The molecular weight excluding hydrogens is 355 g/mol. The molecule has 0 spiro atoms. The molecule has 0 unspecified atom stereocenters. The Morgan fingerprint density at radius 1 is 0.962 bits per heavy atom. The Hall–Kier alpha value is -2.99. The zero-order valence-corrected chi connectivity index (χ0v) is 14.5. The summed E-state index contributed by atoms with van der Waals surface area (Å²) in [5.41, 5.74) is 1.99. The minimum atomic E-state index is -0.308. The molecule has 2 aromatic carbocycles. The molecule has 0 saturated carbocycles. The topological polar surface area (TPSA) is 66.9 Å². The largest absolute Gasteiger partial charge is 0.350 e. The van der Waals surface area contributed by atoms with Crippen molar-refractivity contribution >= 4 is 29.0 Å². The van der Waals surface area contributed by atoms with Crippen LogP contribution in [-0.4, -0.2) is 22.6 Å². The summed E-state index contributed by atoms with van der Waals surface area (Å²) >= 11 is 5.84. The second-order valence-corrected chi connectivity index (χ2v) is 6.00. The summed E-state index contributed by atoms with van der Waals surface area (Å²) in [5, 5.41) is 14.4. The summed E-state index contributed by atoms with van der Waals surface area (Å²) in [6.45, 7) is 0.428.